The average molecular weight is 327 g/mol. The lowest BCUT2D eigenvalue weighted by atomic mass is 10.1. The lowest BCUT2D eigenvalue weighted by molar-refractivity contribution is -0.122. The van der Waals surface area contributed by atoms with E-state index in [9.17, 15) is 4.79 Å². The van der Waals surface area contributed by atoms with Gasteiger partial charge >= 0.3 is 0 Å². The lowest BCUT2D eigenvalue weighted by Gasteiger charge is -2.12. The molecule has 2 aromatic rings. The molecule has 1 unspecified atom stereocenters. The maximum Gasteiger partial charge on any atom is 0.241 e. The molecule has 6 nitrogen and oxygen atoms in total. The van der Waals surface area contributed by atoms with Crippen molar-refractivity contribution in [3.63, 3.8) is 0 Å². The highest BCUT2D eigenvalue weighted by Gasteiger charge is 2.16. The molecule has 0 saturated carbocycles. The van der Waals surface area contributed by atoms with Crippen LogP contribution in [-0.2, 0) is 24.2 Å². The number of hydrogen-bond donors (Lipinski definition) is 2. The number of fused-ring (bicyclic) bond motifs is 1. The van der Waals surface area contributed by atoms with E-state index < -0.39 is 6.04 Å². The summed E-state index contributed by atoms with van der Waals surface area (Å²) in [5.41, 5.74) is 6.82. The van der Waals surface area contributed by atoms with E-state index in [4.69, 9.17) is 5.73 Å². The number of aromatic nitrogens is 3. The normalized spacial score (nSPS) is 15.4. The third kappa shape index (κ3) is 4.00. The number of aryl methyl sites for hydroxylation is 2. The number of nitrogens with zero attached hydrogens (tertiary/aromatic N) is 3. The summed E-state index contributed by atoms with van der Waals surface area (Å²) in [7, 11) is 0. The predicted molar refractivity (Wildman–Crippen MR) is 92.3 cm³/mol. The van der Waals surface area contributed by atoms with Gasteiger partial charge in [-0.3, -0.25) is 4.79 Å². The number of carbonyl (C=O) groups is 1. The quantitative estimate of drug-likeness (QED) is 0.792. The Labute approximate surface area is 142 Å². The molecule has 24 heavy (non-hydrogen) atoms. The van der Waals surface area contributed by atoms with Crippen LogP contribution in [0.2, 0.25) is 0 Å². The third-order valence-electron chi connectivity index (χ3n) is 4.50. The summed E-state index contributed by atoms with van der Waals surface area (Å²) in [5, 5.41) is 11.5. The van der Waals surface area contributed by atoms with Gasteiger partial charge in [-0.05, 0) is 24.8 Å². The van der Waals surface area contributed by atoms with Crippen molar-refractivity contribution in [2.24, 2.45) is 5.73 Å². The van der Waals surface area contributed by atoms with E-state index in [2.05, 4.69) is 20.1 Å². The van der Waals surface area contributed by atoms with Gasteiger partial charge < -0.3 is 15.6 Å². The maximum absolute atomic E-state index is 12.1. The van der Waals surface area contributed by atoms with E-state index in [1.54, 1.807) is 0 Å². The summed E-state index contributed by atoms with van der Waals surface area (Å²) in [5.74, 6) is 2.01. The Bertz CT molecular complexity index is 667. The molecule has 1 amide bonds. The van der Waals surface area contributed by atoms with Gasteiger partial charge in [0.05, 0.1) is 0 Å². The summed E-state index contributed by atoms with van der Waals surface area (Å²) in [6.07, 6.45) is 6.34. The van der Waals surface area contributed by atoms with Crippen LogP contribution in [0.3, 0.4) is 0 Å². The van der Waals surface area contributed by atoms with Gasteiger partial charge in [-0.25, -0.2) is 0 Å². The van der Waals surface area contributed by atoms with E-state index >= 15 is 0 Å². The monoisotopic (exact) mass is 327 g/mol. The summed E-state index contributed by atoms with van der Waals surface area (Å²) < 4.78 is 2.25. The first-order chi connectivity index (χ1) is 11.8. The summed E-state index contributed by atoms with van der Waals surface area (Å²) in [6.45, 7) is 1.62. The van der Waals surface area contributed by atoms with Crippen LogP contribution in [0.15, 0.2) is 30.3 Å². The molecule has 1 aliphatic rings. The number of nitrogens with two attached hydrogens (primary N) is 1. The van der Waals surface area contributed by atoms with Crippen molar-refractivity contribution >= 4 is 5.91 Å². The molecule has 0 spiro atoms. The largest absolute Gasteiger partial charge is 0.354 e. The number of nitrogens with one attached hydrogen (secondary N) is 1. The molecule has 1 atom stereocenters. The second-order valence-corrected chi connectivity index (χ2v) is 6.28. The molecular formula is C18H25N5O. The minimum Gasteiger partial charge on any atom is -0.354 e. The minimum atomic E-state index is -0.615. The fourth-order valence-corrected chi connectivity index (χ4v) is 3.11. The molecule has 0 saturated heterocycles. The minimum absolute atomic E-state index is 0.138. The zero-order chi connectivity index (χ0) is 16.8. The highest BCUT2D eigenvalue weighted by atomic mass is 16.2. The van der Waals surface area contributed by atoms with Crippen molar-refractivity contribution in [1.29, 1.82) is 0 Å². The Morgan fingerprint density at radius 3 is 2.88 bits per heavy atom. The smallest absolute Gasteiger partial charge is 0.241 e. The summed E-state index contributed by atoms with van der Waals surface area (Å²) >= 11 is 0. The number of benzene rings is 1. The summed E-state index contributed by atoms with van der Waals surface area (Å²) in [6, 6.07) is 8.82. The van der Waals surface area contributed by atoms with Crippen LogP contribution < -0.4 is 11.1 Å². The third-order valence-corrected chi connectivity index (χ3v) is 4.50. The van der Waals surface area contributed by atoms with Crippen molar-refractivity contribution < 1.29 is 4.79 Å². The van der Waals surface area contributed by atoms with Crippen LogP contribution in [0.4, 0.5) is 0 Å². The Hall–Kier alpha value is -2.21. The summed E-state index contributed by atoms with van der Waals surface area (Å²) in [4.78, 5) is 12.1. The first-order valence-electron chi connectivity index (χ1n) is 8.75. The van der Waals surface area contributed by atoms with Crippen molar-refractivity contribution in [2.45, 2.75) is 51.1 Å². The fraction of sp³-hybridized carbons (Fsp3) is 0.500. The highest BCUT2D eigenvalue weighted by molar-refractivity contribution is 5.82. The Morgan fingerprint density at radius 1 is 1.21 bits per heavy atom. The Balaban J connectivity index is 1.46. The van der Waals surface area contributed by atoms with Gasteiger partial charge in [-0.1, -0.05) is 36.8 Å². The molecule has 0 aliphatic carbocycles. The van der Waals surface area contributed by atoms with Crippen LogP contribution >= 0.6 is 0 Å². The van der Waals surface area contributed by atoms with Crippen molar-refractivity contribution in [1.82, 2.24) is 20.1 Å². The molecule has 128 valence electrons. The molecule has 1 aromatic heterocycles. The van der Waals surface area contributed by atoms with Crippen LogP contribution in [0.1, 0.15) is 48.9 Å². The van der Waals surface area contributed by atoms with E-state index in [1.165, 1.54) is 19.3 Å². The van der Waals surface area contributed by atoms with Gasteiger partial charge in [-0.2, -0.15) is 0 Å². The maximum atomic E-state index is 12.1. The molecule has 0 bridgehead atoms. The molecule has 0 radical (unpaired) electrons. The highest BCUT2D eigenvalue weighted by Crippen LogP contribution is 2.15. The Morgan fingerprint density at radius 2 is 2.04 bits per heavy atom. The fourth-order valence-electron chi connectivity index (χ4n) is 3.11. The molecular weight excluding hydrogens is 302 g/mol. The van der Waals surface area contributed by atoms with Gasteiger partial charge in [0.1, 0.15) is 17.7 Å². The number of amides is 1. The van der Waals surface area contributed by atoms with Crippen LogP contribution in [0, 0.1) is 0 Å². The van der Waals surface area contributed by atoms with Crippen molar-refractivity contribution in [3.05, 3.63) is 47.5 Å². The Kier molecular flexibility index (Phi) is 5.59. The predicted octanol–water partition coefficient (Wildman–Crippen LogP) is 1.75. The van der Waals surface area contributed by atoms with Crippen LogP contribution in [0.5, 0.6) is 0 Å². The van der Waals surface area contributed by atoms with Gasteiger partial charge in [0.25, 0.3) is 0 Å². The number of carbonyl (C=O) groups excluding carboxylic acids is 1. The second-order valence-electron chi connectivity index (χ2n) is 6.28. The standard InChI is InChI=1S/C18H25N5O/c19-17(14-8-3-1-4-9-14)18(24)20-12-7-11-16-22-21-15-10-5-2-6-13-23(15)16/h1,3-4,8-9,17H,2,5-7,10-13,19H2,(H,20,24). The van der Waals surface area contributed by atoms with E-state index in [1.807, 2.05) is 30.3 Å². The molecule has 3 rings (SSSR count). The molecule has 2 heterocycles. The molecule has 1 aromatic carbocycles. The SMILES string of the molecule is NC(C(=O)NCCCc1nnc2n1CCCCC2)c1ccccc1. The van der Waals surface area contributed by atoms with Gasteiger partial charge in [0.2, 0.25) is 5.91 Å². The van der Waals surface area contributed by atoms with Gasteiger partial charge in [0.15, 0.2) is 0 Å². The zero-order valence-corrected chi connectivity index (χ0v) is 13.9. The van der Waals surface area contributed by atoms with Gasteiger partial charge in [-0.15, -0.1) is 10.2 Å². The average Bonchev–Trinajstić information content (AvgIpc) is 2.85. The van der Waals surface area contributed by atoms with Crippen LogP contribution in [-0.4, -0.2) is 27.2 Å². The number of rotatable bonds is 6. The molecule has 1 aliphatic heterocycles. The van der Waals surface area contributed by atoms with E-state index in [0.29, 0.717) is 6.54 Å². The molecule has 6 heteroatoms. The number of hydrogen-bond acceptors (Lipinski definition) is 4. The topological polar surface area (TPSA) is 85.8 Å². The van der Waals surface area contributed by atoms with E-state index in [-0.39, 0.29) is 5.91 Å². The molecule has 0 fully saturated rings. The van der Waals surface area contributed by atoms with Crippen LogP contribution in [0.25, 0.3) is 0 Å². The second kappa shape index (κ2) is 8.06. The van der Waals surface area contributed by atoms with E-state index in [0.717, 1.165) is 43.0 Å². The van der Waals surface area contributed by atoms with Gasteiger partial charge in [0, 0.05) is 25.9 Å². The van der Waals surface area contributed by atoms with Crippen molar-refractivity contribution in [2.75, 3.05) is 6.54 Å². The van der Waals surface area contributed by atoms with Crippen molar-refractivity contribution in [3.8, 4) is 0 Å². The first kappa shape index (κ1) is 16.6. The molecule has 3 N–H and O–H groups in total. The zero-order valence-electron chi connectivity index (χ0n) is 13.9. The first-order valence-corrected chi connectivity index (χ1v) is 8.75. The lowest BCUT2D eigenvalue weighted by Crippen LogP contribution is -2.34.